The molecule has 0 saturated heterocycles. The van der Waals surface area contributed by atoms with Crippen LogP contribution in [0.25, 0.3) is 87.3 Å². The summed E-state index contributed by atoms with van der Waals surface area (Å²) in [6, 6.07) is 72.1. The van der Waals surface area contributed by atoms with Gasteiger partial charge in [0.15, 0.2) is 0 Å². The van der Waals surface area contributed by atoms with Crippen LogP contribution in [0.2, 0.25) is 0 Å². The van der Waals surface area contributed by atoms with E-state index < -0.39 is 0 Å². The molecule has 0 aliphatic heterocycles. The maximum atomic E-state index is 6.76. The molecule has 1 heterocycles. The van der Waals surface area contributed by atoms with Crippen LogP contribution >= 0.6 is 0 Å². The van der Waals surface area contributed by atoms with Crippen LogP contribution in [0.15, 0.2) is 205 Å². The van der Waals surface area contributed by atoms with Crippen LogP contribution in [-0.2, 0) is 0 Å². The molecule has 252 valence electrons. The first-order chi connectivity index (χ1) is 26.8. The highest BCUT2D eigenvalue weighted by molar-refractivity contribution is 6.28. The van der Waals surface area contributed by atoms with Gasteiger partial charge in [-0.3, -0.25) is 0 Å². The van der Waals surface area contributed by atoms with E-state index in [4.69, 9.17) is 4.42 Å². The number of rotatable bonds is 5. The van der Waals surface area contributed by atoms with Crippen LogP contribution in [0.1, 0.15) is 0 Å². The molecule has 0 radical (unpaired) electrons. The van der Waals surface area contributed by atoms with Crippen LogP contribution in [0.5, 0.6) is 0 Å². The summed E-state index contributed by atoms with van der Waals surface area (Å²) in [6.07, 6.45) is 0. The van der Waals surface area contributed by atoms with Gasteiger partial charge in [0, 0.05) is 38.5 Å². The van der Waals surface area contributed by atoms with Crippen molar-refractivity contribution in [1.29, 1.82) is 0 Å². The maximum absolute atomic E-state index is 6.76. The van der Waals surface area contributed by atoms with Crippen molar-refractivity contribution in [3.05, 3.63) is 200 Å². The van der Waals surface area contributed by atoms with Gasteiger partial charge in [-0.2, -0.15) is 0 Å². The van der Waals surface area contributed by atoms with Crippen LogP contribution < -0.4 is 4.90 Å². The fourth-order valence-electron chi connectivity index (χ4n) is 8.62. The van der Waals surface area contributed by atoms with Crippen molar-refractivity contribution in [2.45, 2.75) is 0 Å². The van der Waals surface area contributed by atoms with E-state index in [1.807, 2.05) is 0 Å². The third-order valence-corrected chi connectivity index (χ3v) is 11.0. The number of para-hydroxylation sites is 3. The highest BCUT2D eigenvalue weighted by Crippen LogP contribution is 2.52. The summed E-state index contributed by atoms with van der Waals surface area (Å²) in [5.74, 6) is 0. The molecule has 0 unspecified atom stereocenters. The summed E-state index contributed by atoms with van der Waals surface area (Å²) in [7, 11) is 0. The fraction of sp³-hybridized carbons (Fsp3) is 0. The Morgan fingerprint density at radius 1 is 0.315 bits per heavy atom. The van der Waals surface area contributed by atoms with Crippen molar-refractivity contribution < 1.29 is 4.42 Å². The Hall–Kier alpha value is -7.16. The Bertz CT molecular complexity index is 3120. The van der Waals surface area contributed by atoms with Crippen LogP contribution in [0, 0.1) is 0 Å². The molecule has 0 spiro atoms. The molecule has 0 N–H and O–H groups in total. The lowest BCUT2D eigenvalue weighted by atomic mass is 9.90. The molecule has 10 aromatic carbocycles. The van der Waals surface area contributed by atoms with Gasteiger partial charge in [-0.25, -0.2) is 0 Å². The standard InChI is InChI=1S/C52H33NO/c1-3-15-37(16-4-1)53(38-17-5-2-6-18-38)51-44-23-11-12-24-45(44)52-50(46-25-13-14-26-48(46)54-52)49(51)35-29-27-34(28-30-35)36-31-32-43-41-21-8-7-19-39(41)40-20-9-10-22-42(40)47(43)33-36/h1-33H. The van der Waals surface area contributed by atoms with Gasteiger partial charge in [-0.1, -0.05) is 164 Å². The van der Waals surface area contributed by atoms with E-state index in [1.54, 1.807) is 0 Å². The van der Waals surface area contributed by atoms with E-state index in [2.05, 4.69) is 205 Å². The first kappa shape index (κ1) is 30.5. The summed E-state index contributed by atoms with van der Waals surface area (Å²) in [6.45, 7) is 0. The van der Waals surface area contributed by atoms with Gasteiger partial charge in [0.2, 0.25) is 0 Å². The molecule has 0 amide bonds. The number of hydrogen-bond donors (Lipinski definition) is 0. The smallest absolute Gasteiger partial charge is 0.144 e. The van der Waals surface area contributed by atoms with E-state index in [1.165, 1.54) is 43.4 Å². The molecular weight excluding hydrogens is 655 g/mol. The molecule has 1 aromatic heterocycles. The average molecular weight is 688 g/mol. The predicted molar refractivity (Wildman–Crippen MR) is 229 cm³/mol. The zero-order chi connectivity index (χ0) is 35.6. The Balaban J connectivity index is 1.18. The fourth-order valence-corrected chi connectivity index (χ4v) is 8.62. The number of anilines is 3. The summed E-state index contributed by atoms with van der Waals surface area (Å²) >= 11 is 0. The monoisotopic (exact) mass is 687 g/mol. The van der Waals surface area contributed by atoms with Gasteiger partial charge >= 0.3 is 0 Å². The van der Waals surface area contributed by atoms with E-state index in [0.717, 1.165) is 60.9 Å². The minimum absolute atomic E-state index is 0.884. The van der Waals surface area contributed by atoms with Crippen LogP contribution in [-0.4, -0.2) is 0 Å². The van der Waals surface area contributed by atoms with Crippen molar-refractivity contribution in [2.75, 3.05) is 4.90 Å². The highest BCUT2D eigenvalue weighted by atomic mass is 16.3. The third-order valence-electron chi connectivity index (χ3n) is 11.0. The van der Waals surface area contributed by atoms with Gasteiger partial charge in [0.05, 0.1) is 5.69 Å². The molecular formula is C52H33NO. The zero-order valence-corrected chi connectivity index (χ0v) is 29.4. The minimum atomic E-state index is 0.884. The lowest BCUT2D eigenvalue weighted by Crippen LogP contribution is -2.12. The Kier molecular flexibility index (Phi) is 6.90. The lowest BCUT2D eigenvalue weighted by molar-refractivity contribution is 0.673. The van der Waals surface area contributed by atoms with E-state index in [0.29, 0.717) is 0 Å². The first-order valence-corrected chi connectivity index (χ1v) is 18.5. The summed E-state index contributed by atoms with van der Waals surface area (Å²) in [5.41, 5.74) is 9.75. The quantitative estimate of drug-likeness (QED) is 0.168. The van der Waals surface area contributed by atoms with Crippen molar-refractivity contribution >= 4 is 82.1 Å². The molecule has 0 aliphatic rings. The SMILES string of the molecule is c1ccc(N(c2ccccc2)c2c(-c3ccc(-c4ccc5c6ccccc6c6ccccc6c5c4)cc3)c3c4ccccc4oc3c3ccccc23)cc1. The molecule has 11 rings (SSSR count). The van der Waals surface area contributed by atoms with Crippen LogP contribution in [0.3, 0.4) is 0 Å². The summed E-state index contributed by atoms with van der Waals surface area (Å²) in [4.78, 5) is 2.41. The second-order valence-corrected chi connectivity index (χ2v) is 14.0. The van der Waals surface area contributed by atoms with Crippen LogP contribution in [0.4, 0.5) is 17.1 Å². The first-order valence-electron chi connectivity index (χ1n) is 18.5. The third kappa shape index (κ3) is 4.67. The normalized spacial score (nSPS) is 11.7. The van der Waals surface area contributed by atoms with Crippen molar-refractivity contribution in [3.8, 4) is 22.3 Å². The van der Waals surface area contributed by atoms with Gasteiger partial charge in [0.25, 0.3) is 0 Å². The van der Waals surface area contributed by atoms with E-state index in [-0.39, 0.29) is 0 Å². The maximum Gasteiger partial charge on any atom is 0.144 e. The number of hydrogen-bond acceptors (Lipinski definition) is 2. The predicted octanol–water partition coefficient (Wildman–Crippen LogP) is 15.0. The van der Waals surface area contributed by atoms with E-state index in [9.17, 15) is 0 Å². The molecule has 54 heavy (non-hydrogen) atoms. The molecule has 11 aromatic rings. The summed E-state index contributed by atoms with van der Waals surface area (Å²) < 4.78 is 6.76. The van der Waals surface area contributed by atoms with Crippen molar-refractivity contribution in [1.82, 2.24) is 0 Å². The molecule has 0 fully saturated rings. The molecule has 0 bridgehead atoms. The molecule has 2 heteroatoms. The number of fused-ring (bicyclic) bond motifs is 11. The van der Waals surface area contributed by atoms with Crippen molar-refractivity contribution in [2.24, 2.45) is 0 Å². The second-order valence-electron chi connectivity index (χ2n) is 14.0. The van der Waals surface area contributed by atoms with Gasteiger partial charge in [0.1, 0.15) is 11.2 Å². The van der Waals surface area contributed by atoms with Gasteiger partial charge < -0.3 is 9.32 Å². The molecule has 0 saturated carbocycles. The van der Waals surface area contributed by atoms with E-state index >= 15 is 0 Å². The number of benzene rings is 10. The molecule has 2 nitrogen and oxygen atoms in total. The number of furan rings is 1. The molecule has 0 atom stereocenters. The second kappa shape index (κ2) is 12.2. The lowest BCUT2D eigenvalue weighted by Gasteiger charge is -2.30. The van der Waals surface area contributed by atoms with Gasteiger partial charge in [-0.05, 0) is 85.4 Å². The highest BCUT2D eigenvalue weighted by Gasteiger charge is 2.26. The average Bonchev–Trinajstić information content (AvgIpc) is 3.64. The summed E-state index contributed by atoms with van der Waals surface area (Å²) in [5, 5.41) is 12.1. The van der Waals surface area contributed by atoms with Gasteiger partial charge in [-0.15, -0.1) is 0 Å². The minimum Gasteiger partial charge on any atom is -0.455 e. The molecule has 0 aliphatic carbocycles. The Morgan fingerprint density at radius 2 is 0.759 bits per heavy atom. The Labute approximate surface area is 312 Å². The number of nitrogens with zero attached hydrogens (tertiary/aromatic N) is 1. The zero-order valence-electron chi connectivity index (χ0n) is 29.4. The Morgan fingerprint density at radius 3 is 1.37 bits per heavy atom. The topological polar surface area (TPSA) is 16.4 Å². The van der Waals surface area contributed by atoms with Crippen molar-refractivity contribution in [3.63, 3.8) is 0 Å². The largest absolute Gasteiger partial charge is 0.455 e.